The van der Waals surface area contributed by atoms with Crippen molar-refractivity contribution in [2.75, 3.05) is 13.2 Å². The van der Waals surface area contributed by atoms with Gasteiger partial charge in [-0.2, -0.15) is 5.10 Å². The van der Waals surface area contributed by atoms with Gasteiger partial charge < -0.3 is 19.3 Å². The van der Waals surface area contributed by atoms with Crippen LogP contribution in [0.25, 0.3) is 54.8 Å². The highest BCUT2D eigenvalue weighted by Crippen LogP contribution is 2.47. The van der Waals surface area contributed by atoms with E-state index in [9.17, 15) is 14.3 Å². The lowest BCUT2D eigenvalue weighted by Crippen LogP contribution is -2.40. The molecule has 1 N–H and O–H groups in total. The van der Waals surface area contributed by atoms with Crippen LogP contribution in [0.3, 0.4) is 0 Å². The van der Waals surface area contributed by atoms with Crippen LogP contribution in [0, 0.1) is 11.6 Å². The van der Waals surface area contributed by atoms with Crippen LogP contribution in [-0.2, 0) is 18.4 Å². The van der Waals surface area contributed by atoms with E-state index in [0.29, 0.717) is 35.7 Å². The molecule has 0 spiro atoms. The SMILES string of the molecule is C=CC(=O)N1CCn2nc(-c3nc(-c4ccc5c(ccn5C)c4)c4ccsc4c3-c3c(F)cc(F)cc3OC[C@@H](C)O)cc2[C@H]1C. The average Bonchev–Trinajstić information content (AvgIpc) is 3.78. The lowest BCUT2D eigenvalue weighted by Gasteiger charge is -2.33. The Morgan fingerprint density at radius 2 is 1.98 bits per heavy atom. The summed E-state index contributed by atoms with van der Waals surface area (Å²) in [5, 5.41) is 18.6. The summed E-state index contributed by atoms with van der Waals surface area (Å²) in [6, 6.07) is 13.7. The number of hydrogen-bond donors (Lipinski definition) is 1. The van der Waals surface area contributed by atoms with Gasteiger partial charge in [-0.3, -0.25) is 9.48 Å². The molecule has 4 aromatic heterocycles. The van der Waals surface area contributed by atoms with E-state index in [-0.39, 0.29) is 29.9 Å². The highest BCUT2D eigenvalue weighted by Gasteiger charge is 2.31. The number of nitrogens with zero attached hydrogens (tertiary/aromatic N) is 5. The van der Waals surface area contributed by atoms with Crippen LogP contribution < -0.4 is 4.74 Å². The summed E-state index contributed by atoms with van der Waals surface area (Å²) in [5.41, 5.74) is 4.75. The fourth-order valence-corrected chi connectivity index (χ4v) is 7.19. The molecule has 0 saturated heterocycles. The molecule has 2 atom stereocenters. The molecule has 0 fully saturated rings. The second kappa shape index (κ2) is 11.5. The third kappa shape index (κ3) is 4.96. The summed E-state index contributed by atoms with van der Waals surface area (Å²) in [7, 11) is 1.99. The third-order valence-electron chi connectivity index (χ3n) is 8.47. The number of aryl methyl sites for hydroxylation is 1. The molecule has 1 aliphatic rings. The van der Waals surface area contributed by atoms with Crippen molar-refractivity contribution in [3.05, 3.63) is 90.1 Å². The second-order valence-electron chi connectivity index (χ2n) is 11.6. The molecule has 0 saturated carbocycles. The first-order valence-corrected chi connectivity index (χ1v) is 15.8. The number of carbonyl (C=O) groups excluding carboxylic acids is 1. The van der Waals surface area contributed by atoms with Gasteiger partial charge in [0.2, 0.25) is 5.91 Å². The minimum absolute atomic E-state index is 0.0320. The number of aromatic nitrogens is 4. The Bertz CT molecular complexity index is 2160. The number of carbonyl (C=O) groups is 1. The molecule has 0 bridgehead atoms. The lowest BCUT2D eigenvalue weighted by molar-refractivity contribution is -0.129. The number of amides is 1. The largest absolute Gasteiger partial charge is 0.490 e. The van der Waals surface area contributed by atoms with Gasteiger partial charge in [-0.05, 0) is 55.6 Å². The fourth-order valence-electron chi connectivity index (χ4n) is 6.24. The maximum atomic E-state index is 16.0. The number of rotatable bonds is 7. The monoisotopic (exact) mass is 639 g/mol. The summed E-state index contributed by atoms with van der Waals surface area (Å²) in [6.07, 6.45) is 2.44. The molecule has 6 aromatic rings. The normalized spacial score (nSPS) is 15.3. The Hall–Kier alpha value is -4.87. The van der Waals surface area contributed by atoms with Gasteiger partial charge in [-0.15, -0.1) is 11.3 Å². The van der Waals surface area contributed by atoms with Crippen LogP contribution >= 0.6 is 11.3 Å². The quantitative estimate of drug-likeness (QED) is 0.188. The minimum atomic E-state index is -0.864. The predicted octanol–water partition coefficient (Wildman–Crippen LogP) is 7.11. The number of pyridine rings is 1. The number of fused-ring (bicyclic) bond motifs is 3. The molecule has 0 aliphatic carbocycles. The molecular formula is C35H31F2N5O3S. The van der Waals surface area contributed by atoms with E-state index >= 15 is 4.39 Å². The molecule has 1 aliphatic heterocycles. The highest BCUT2D eigenvalue weighted by molar-refractivity contribution is 7.18. The van der Waals surface area contributed by atoms with Crippen LogP contribution in [0.5, 0.6) is 5.75 Å². The van der Waals surface area contributed by atoms with Gasteiger partial charge in [0.1, 0.15) is 35.4 Å². The molecule has 0 unspecified atom stereocenters. The Morgan fingerprint density at radius 3 is 2.76 bits per heavy atom. The Kier molecular flexibility index (Phi) is 7.45. The van der Waals surface area contributed by atoms with Gasteiger partial charge in [-0.25, -0.2) is 13.8 Å². The van der Waals surface area contributed by atoms with Crippen LogP contribution in [0.1, 0.15) is 25.6 Å². The molecule has 234 valence electrons. The standard InChI is InChI=1S/C35H31F2N5O3S/c1-5-30(44)41-11-12-42-28(20(41)3)17-26(39-42)34-32(31-25(37)15-23(36)16-29(31)45-18-19(2)43)35-24(9-13-46-35)33(38-34)22-6-7-27-21(14-22)8-10-40(27)4/h5-10,13-17,19-20,43H,1,11-12,18H2,2-4H3/t19-,20-/m1/s1. The minimum Gasteiger partial charge on any atom is -0.490 e. The molecule has 0 radical (unpaired) electrons. The summed E-state index contributed by atoms with van der Waals surface area (Å²) >= 11 is 1.41. The van der Waals surface area contributed by atoms with Gasteiger partial charge >= 0.3 is 0 Å². The first-order chi connectivity index (χ1) is 22.1. The fraction of sp³-hybridized carbons (Fsp3) is 0.229. The first kappa shape index (κ1) is 29.8. The summed E-state index contributed by atoms with van der Waals surface area (Å²) in [5.74, 6) is -1.84. The Morgan fingerprint density at radius 1 is 1.15 bits per heavy atom. The maximum absolute atomic E-state index is 16.0. The van der Waals surface area contributed by atoms with Gasteiger partial charge in [0.05, 0.1) is 35.6 Å². The average molecular weight is 640 g/mol. The smallest absolute Gasteiger partial charge is 0.246 e. The van der Waals surface area contributed by atoms with E-state index < -0.39 is 17.7 Å². The summed E-state index contributed by atoms with van der Waals surface area (Å²) in [4.78, 5) is 19.5. The van der Waals surface area contributed by atoms with Crippen molar-refractivity contribution < 1.29 is 23.4 Å². The van der Waals surface area contributed by atoms with Crippen molar-refractivity contribution in [3.63, 3.8) is 0 Å². The van der Waals surface area contributed by atoms with E-state index in [0.717, 1.165) is 44.4 Å². The maximum Gasteiger partial charge on any atom is 0.246 e. The molecule has 8 nitrogen and oxygen atoms in total. The number of ether oxygens (including phenoxy) is 1. The second-order valence-corrected chi connectivity index (χ2v) is 12.5. The zero-order chi connectivity index (χ0) is 32.3. The molecule has 7 rings (SSSR count). The molecule has 1 amide bonds. The van der Waals surface area contributed by atoms with Gasteiger partial charge in [0.15, 0.2) is 0 Å². The Balaban J connectivity index is 1.51. The van der Waals surface area contributed by atoms with Crippen molar-refractivity contribution in [2.24, 2.45) is 7.05 Å². The number of thiophene rings is 1. The predicted molar refractivity (Wildman–Crippen MR) is 176 cm³/mol. The van der Waals surface area contributed by atoms with Crippen molar-refractivity contribution in [3.8, 4) is 39.5 Å². The van der Waals surface area contributed by atoms with Crippen molar-refractivity contribution in [2.45, 2.75) is 32.5 Å². The molecule has 11 heteroatoms. The van der Waals surface area contributed by atoms with Crippen LogP contribution in [0.2, 0.25) is 0 Å². The number of aliphatic hydroxyl groups excluding tert-OH is 1. The number of aliphatic hydroxyl groups is 1. The number of halogens is 2. The van der Waals surface area contributed by atoms with Crippen LogP contribution in [0.4, 0.5) is 8.78 Å². The van der Waals surface area contributed by atoms with E-state index in [4.69, 9.17) is 14.8 Å². The van der Waals surface area contributed by atoms with Gasteiger partial charge in [0, 0.05) is 64.0 Å². The van der Waals surface area contributed by atoms with Crippen molar-refractivity contribution in [1.29, 1.82) is 0 Å². The van der Waals surface area contributed by atoms with Crippen LogP contribution in [-0.4, -0.2) is 54.5 Å². The number of hydrogen-bond acceptors (Lipinski definition) is 6. The topological polar surface area (TPSA) is 85.4 Å². The third-order valence-corrected chi connectivity index (χ3v) is 9.41. The summed E-state index contributed by atoms with van der Waals surface area (Å²) in [6.45, 7) is 7.86. The lowest BCUT2D eigenvalue weighted by atomic mass is 9.96. The van der Waals surface area contributed by atoms with Crippen molar-refractivity contribution in [1.82, 2.24) is 24.2 Å². The molecular weight excluding hydrogens is 608 g/mol. The molecule has 5 heterocycles. The van der Waals surface area contributed by atoms with Gasteiger partial charge in [-0.1, -0.05) is 12.6 Å². The van der Waals surface area contributed by atoms with Gasteiger partial charge in [0.25, 0.3) is 0 Å². The first-order valence-electron chi connectivity index (χ1n) is 14.9. The zero-order valence-electron chi connectivity index (χ0n) is 25.5. The molecule has 2 aromatic carbocycles. The Labute approximate surface area is 267 Å². The van der Waals surface area contributed by atoms with Crippen molar-refractivity contribution >= 4 is 38.2 Å². The summed E-state index contributed by atoms with van der Waals surface area (Å²) < 4.78 is 41.1. The van der Waals surface area contributed by atoms with Crippen LogP contribution in [0.15, 0.2) is 72.8 Å². The zero-order valence-corrected chi connectivity index (χ0v) is 26.3. The highest BCUT2D eigenvalue weighted by atomic mass is 32.1. The number of benzene rings is 2. The van der Waals surface area contributed by atoms with E-state index in [1.54, 1.807) is 4.90 Å². The molecule has 46 heavy (non-hydrogen) atoms. The van der Waals surface area contributed by atoms with E-state index in [1.807, 2.05) is 65.1 Å². The van der Waals surface area contributed by atoms with E-state index in [2.05, 4.69) is 12.6 Å². The van der Waals surface area contributed by atoms with E-state index in [1.165, 1.54) is 24.3 Å².